The molecular weight excluding hydrogens is 362 g/mol. The van der Waals surface area contributed by atoms with Gasteiger partial charge in [-0.3, -0.25) is 9.69 Å². The molecule has 1 aliphatic heterocycles. The Labute approximate surface area is 154 Å². The summed E-state index contributed by atoms with van der Waals surface area (Å²) in [6, 6.07) is 4.26. The average molecular weight is 384 g/mol. The second kappa shape index (κ2) is 8.80. The molecule has 0 spiro atoms. The third-order valence-electron chi connectivity index (χ3n) is 3.74. The number of rotatable bonds is 7. The minimum Gasteiger partial charge on any atom is -0.360 e. The predicted molar refractivity (Wildman–Crippen MR) is 101 cm³/mol. The van der Waals surface area contributed by atoms with Crippen molar-refractivity contribution < 1.29 is 4.79 Å². The van der Waals surface area contributed by atoms with E-state index in [0.717, 1.165) is 48.7 Å². The standard InChI is InChI=1S/C15H21N5OS3/c1-2-16-14-17-18-15(24-14)23-11-13(21)20-7-5-19(6-8-20)10-12-4-3-9-22-12/h3-4,9H,2,5-8,10-11H2,1H3,(H,16,17). The van der Waals surface area contributed by atoms with Gasteiger partial charge in [0.15, 0.2) is 4.34 Å². The quantitative estimate of drug-likeness (QED) is 0.741. The largest absolute Gasteiger partial charge is 0.360 e. The zero-order valence-electron chi connectivity index (χ0n) is 13.6. The first-order valence-electron chi connectivity index (χ1n) is 7.97. The highest BCUT2D eigenvalue weighted by Gasteiger charge is 2.21. The Balaban J connectivity index is 1.40. The summed E-state index contributed by atoms with van der Waals surface area (Å²) in [5.74, 6) is 0.627. The van der Waals surface area contributed by atoms with Crippen molar-refractivity contribution in [2.24, 2.45) is 0 Å². The van der Waals surface area contributed by atoms with Crippen LogP contribution in [0.3, 0.4) is 0 Å². The summed E-state index contributed by atoms with van der Waals surface area (Å²) in [5.41, 5.74) is 0. The number of aromatic nitrogens is 2. The van der Waals surface area contributed by atoms with Crippen LogP contribution in [0.25, 0.3) is 0 Å². The number of thiophene rings is 1. The normalized spacial score (nSPS) is 15.6. The van der Waals surface area contributed by atoms with E-state index in [0.29, 0.717) is 5.75 Å². The molecule has 3 rings (SSSR count). The van der Waals surface area contributed by atoms with Gasteiger partial charge < -0.3 is 10.2 Å². The lowest BCUT2D eigenvalue weighted by Crippen LogP contribution is -2.48. The van der Waals surface area contributed by atoms with Crippen LogP contribution in [0.2, 0.25) is 0 Å². The molecular formula is C15H21N5OS3. The maximum absolute atomic E-state index is 12.4. The van der Waals surface area contributed by atoms with Crippen LogP contribution in [0.4, 0.5) is 5.13 Å². The highest BCUT2D eigenvalue weighted by molar-refractivity contribution is 8.01. The molecule has 24 heavy (non-hydrogen) atoms. The van der Waals surface area contributed by atoms with Crippen LogP contribution in [0.1, 0.15) is 11.8 Å². The number of nitrogens with one attached hydrogen (secondary N) is 1. The molecule has 0 saturated carbocycles. The van der Waals surface area contributed by atoms with Gasteiger partial charge in [0.25, 0.3) is 0 Å². The number of hydrogen-bond donors (Lipinski definition) is 1. The third kappa shape index (κ3) is 4.92. The lowest BCUT2D eigenvalue weighted by Gasteiger charge is -2.34. The van der Waals surface area contributed by atoms with E-state index in [1.54, 1.807) is 11.3 Å². The second-order valence-corrected chi connectivity index (χ2v) is 8.66. The van der Waals surface area contributed by atoms with Gasteiger partial charge in [-0.25, -0.2) is 0 Å². The lowest BCUT2D eigenvalue weighted by atomic mass is 10.3. The molecule has 2 aromatic rings. The summed E-state index contributed by atoms with van der Waals surface area (Å²) in [5, 5.41) is 14.2. The lowest BCUT2D eigenvalue weighted by molar-refractivity contribution is -0.130. The fourth-order valence-electron chi connectivity index (χ4n) is 2.48. The molecule has 0 unspecified atom stereocenters. The number of amides is 1. The summed E-state index contributed by atoms with van der Waals surface area (Å²) in [4.78, 5) is 18.1. The minimum atomic E-state index is 0.191. The van der Waals surface area contributed by atoms with Crippen LogP contribution < -0.4 is 5.32 Å². The number of piperazine rings is 1. The Morgan fingerprint density at radius 2 is 2.17 bits per heavy atom. The maximum atomic E-state index is 12.4. The van der Waals surface area contributed by atoms with Crippen molar-refractivity contribution in [3.05, 3.63) is 22.4 Å². The van der Waals surface area contributed by atoms with Gasteiger partial charge in [-0.2, -0.15) is 0 Å². The highest BCUT2D eigenvalue weighted by atomic mass is 32.2. The van der Waals surface area contributed by atoms with Gasteiger partial charge in [0.2, 0.25) is 11.0 Å². The molecule has 6 nitrogen and oxygen atoms in total. The zero-order valence-corrected chi connectivity index (χ0v) is 16.1. The molecule has 1 fully saturated rings. The number of carbonyl (C=O) groups is 1. The SMILES string of the molecule is CCNc1nnc(SCC(=O)N2CCN(Cc3cccs3)CC2)s1. The van der Waals surface area contributed by atoms with Crippen LogP contribution in [0.5, 0.6) is 0 Å². The van der Waals surface area contributed by atoms with Crippen molar-refractivity contribution in [1.82, 2.24) is 20.0 Å². The van der Waals surface area contributed by atoms with Gasteiger partial charge >= 0.3 is 0 Å². The van der Waals surface area contributed by atoms with E-state index in [-0.39, 0.29) is 5.91 Å². The Kier molecular flexibility index (Phi) is 6.47. The summed E-state index contributed by atoms with van der Waals surface area (Å²) < 4.78 is 0.843. The third-order valence-corrected chi connectivity index (χ3v) is 6.60. The second-order valence-electron chi connectivity index (χ2n) is 5.43. The van der Waals surface area contributed by atoms with Crippen molar-refractivity contribution in [2.45, 2.75) is 17.8 Å². The van der Waals surface area contributed by atoms with E-state index >= 15 is 0 Å². The van der Waals surface area contributed by atoms with E-state index in [4.69, 9.17) is 0 Å². The molecule has 1 saturated heterocycles. The average Bonchev–Trinajstić information content (AvgIpc) is 3.26. The number of carbonyl (C=O) groups excluding carboxylic acids is 1. The monoisotopic (exact) mass is 383 g/mol. The van der Waals surface area contributed by atoms with Crippen molar-refractivity contribution in [1.29, 1.82) is 0 Å². The Morgan fingerprint density at radius 3 is 2.88 bits per heavy atom. The Hall–Kier alpha value is -1.16. The van der Waals surface area contributed by atoms with E-state index in [9.17, 15) is 4.79 Å². The van der Waals surface area contributed by atoms with Crippen LogP contribution in [-0.2, 0) is 11.3 Å². The van der Waals surface area contributed by atoms with E-state index in [1.807, 2.05) is 11.8 Å². The molecule has 1 amide bonds. The van der Waals surface area contributed by atoms with E-state index in [1.165, 1.54) is 28.0 Å². The maximum Gasteiger partial charge on any atom is 0.233 e. The first-order chi connectivity index (χ1) is 11.7. The molecule has 0 aromatic carbocycles. The van der Waals surface area contributed by atoms with Crippen molar-refractivity contribution in [3.63, 3.8) is 0 Å². The van der Waals surface area contributed by atoms with Gasteiger partial charge in [-0.15, -0.1) is 21.5 Å². The van der Waals surface area contributed by atoms with Gasteiger partial charge in [-0.05, 0) is 18.4 Å². The molecule has 0 radical (unpaired) electrons. The van der Waals surface area contributed by atoms with E-state index < -0.39 is 0 Å². The Morgan fingerprint density at radius 1 is 1.33 bits per heavy atom. The Bertz CT molecular complexity index is 637. The van der Waals surface area contributed by atoms with Gasteiger partial charge in [0, 0.05) is 44.1 Å². The number of hydrogen-bond acceptors (Lipinski definition) is 8. The van der Waals surface area contributed by atoms with Crippen molar-refractivity contribution in [2.75, 3.05) is 43.8 Å². The molecule has 1 aliphatic rings. The fraction of sp³-hybridized carbons (Fsp3) is 0.533. The summed E-state index contributed by atoms with van der Waals surface area (Å²) in [6.07, 6.45) is 0. The minimum absolute atomic E-state index is 0.191. The smallest absolute Gasteiger partial charge is 0.233 e. The summed E-state index contributed by atoms with van der Waals surface area (Å²) in [7, 11) is 0. The molecule has 0 bridgehead atoms. The molecule has 9 heteroatoms. The van der Waals surface area contributed by atoms with Crippen LogP contribution in [-0.4, -0.2) is 64.4 Å². The zero-order chi connectivity index (χ0) is 16.8. The van der Waals surface area contributed by atoms with Gasteiger partial charge in [-0.1, -0.05) is 29.2 Å². The molecule has 130 valence electrons. The first-order valence-corrected chi connectivity index (χ1v) is 10.7. The predicted octanol–water partition coefficient (Wildman–Crippen LogP) is 2.47. The fourth-order valence-corrected chi connectivity index (χ4v) is 4.95. The van der Waals surface area contributed by atoms with Crippen LogP contribution >= 0.6 is 34.4 Å². The van der Waals surface area contributed by atoms with Crippen molar-refractivity contribution >= 4 is 45.5 Å². The topological polar surface area (TPSA) is 61.4 Å². The number of anilines is 1. The summed E-state index contributed by atoms with van der Waals surface area (Å²) in [6.45, 7) is 7.35. The number of nitrogens with zero attached hydrogens (tertiary/aromatic N) is 4. The molecule has 2 aromatic heterocycles. The van der Waals surface area contributed by atoms with Gasteiger partial charge in [0.05, 0.1) is 5.75 Å². The first kappa shape index (κ1) is 17.7. The number of thioether (sulfide) groups is 1. The van der Waals surface area contributed by atoms with Crippen LogP contribution in [0.15, 0.2) is 21.9 Å². The molecule has 0 atom stereocenters. The molecule has 3 heterocycles. The molecule has 0 aliphatic carbocycles. The van der Waals surface area contributed by atoms with Crippen LogP contribution in [0, 0.1) is 0 Å². The van der Waals surface area contributed by atoms with Crippen molar-refractivity contribution in [3.8, 4) is 0 Å². The highest BCUT2D eigenvalue weighted by Crippen LogP contribution is 2.25. The van der Waals surface area contributed by atoms with Gasteiger partial charge in [0.1, 0.15) is 0 Å². The summed E-state index contributed by atoms with van der Waals surface area (Å²) >= 11 is 4.77. The van der Waals surface area contributed by atoms with E-state index in [2.05, 4.69) is 37.9 Å². The molecule has 1 N–H and O–H groups in total.